The average molecular weight is 330 g/mol. The fourth-order valence-corrected chi connectivity index (χ4v) is 2.31. The van der Waals surface area contributed by atoms with E-state index in [1.54, 1.807) is 4.68 Å². The maximum atomic E-state index is 10.7. The first-order valence-electron chi connectivity index (χ1n) is 6.22. The summed E-state index contributed by atoms with van der Waals surface area (Å²) in [7, 11) is 0. The molecule has 0 amide bonds. The molecule has 0 bridgehead atoms. The largest absolute Gasteiger partial charge is 0.487 e. The third-order valence-corrected chi connectivity index (χ3v) is 3.74. The number of benzene rings is 1. The van der Waals surface area contributed by atoms with Crippen molar-refractivity contribution in [2.45, 2.75) is 27.0 Å². The first-order valence-corrected chi connectivity index (χ1v) is 6.98. The molecule has 1 aromatic heterocycles. The predicted molar refractivity (Wildman–Crippen MR) is 80.1 cm³/mol. The number of nitro groups is 1. The van der Waals surface area contributed by atoms with Crippen LogP contribution in [-0.2, 0) is 13.2 Å². The molecule has 6 nitrogen and oxygen atoms in total. The first-order chi connectivity index (χ1) is 9.93. The van der Waals surface area contributed by atoms with Crippen LogP contribution in [0.3, 0.4) is 0 Å². The fourth-order valence-electron chi connectivity index (χ4n) is 1.88. The highest BCUT2D eigenvalue weighted by Crippen LogP contribution is 2.29. The smallest absolute Gasteiger partial charge is 0.288 e. The Morgan fingerprint density at radius 2 is 2.14 bits per heavy atom. The molecule has 0 aliphatic heterocycles. The number of aryl methyl sites for hydroxylation is 2. The summed E-state index contributed by atoms with van der Waals surface area (Å²) in [6.07, 6.45) is 0. The predicted octanol–water partition coefficient (Wildman–Crippen LogP) is 4.01. The van der Waals surface area contributed by atoms with E-state index < -0.39 is 4.92 Å². The van der Waals surface area contributed by atoms with Crippen LogP contribution in [0.25, 0.3) is 0 Å². The molecule has 0 N–H and O–H groups in total. The fraction of sp³-hybridized carbons (Fsp3) is 0.308. The summed E-state index contributed by atoms with van der Waals surface area (Å²) < 4.78 is 7.35. The van der Waals surface area contributed by atoms with E-state index in [0.717, 1.165) is 11.4 Å². The van der Waals surface area contributed by atoms with Gasteiger partial charge in [-0.3, -0.25) is 14.8 Å². The van der Waals surface area contributed by atoms with Gasteiger partial charge in [-0.25, -0.2) is 0 Å². The Morgan fingerprint density at radius 1 is 1.43 bits per heavy atom. The SMILES string of the molecule is CCn1nc(C)c(Cl)c1COc1ccc([N+](=O)[O-])c(Cl)c1. The molecule has 1 aromatic carbocycles. The second kappa shape index (κ2) is 6.32. The molecule has 112 valence electrons. The van der Waals surface area contributed by atoms with Crippen LogP contribution in [0.2, 0.25) is 10.0 Å². The Bertz CT molecular complexity index is 686. The molecule has 0 saturated carbocycles. The number of rotatable bonds is 5. The van der Waals surface area contributed by atoms with E-state index in [2.05, 4.69) is 5.10 Å². The van der Waals surface area contributed by atoms with Crippen molar-refractivity contribution in [2.24, 2.45) is 0 Å². The van der Waals surface area contributed by atoms with Gasteiger partial charge in [0.1, 0.15) is 17.4 Å². The monoisotopic (exact) mass is 329 g/mol. The molecule has 2 rings (SSSR count). The van der Waals surface area contributed by atoms with Gasteiger partial charge in [-0.2, -0.15) is 5.10 Å². The molecular formula is C13H13Cl2N3O3. The van der Waals surface area contributed by atoms with E-state index >= 15 is 0 Å². The van der Waals surface area contributed by atoms with Crippen LogP contribution >= 0.6 is 23.2 Å². The number of halogens is 2. The Labute approximate surface area is 131 Å². The van der Waals surface area contributed by atoms with E-state index in [1.807, 2.05) is 13.8 Å². The minimum Gasteiger partial charge on any atom is -0.487 e. The zero-order valence-corrected chi connectivity index (χ0v) is 13.0. The van der Waals surface area contributed by atoms with Gasteiger partial charge in [0.15, 0.2) is 0 Å². The lowest BCUT2D eigenvalue weighted by Gasteiger charge is -2.08. The number of hydrogen-bond acceptors (Lipinski definition) is 4. The summed E-state index contributed by atoms with van der Waals surface area (Å²) in [6.45, 7) is 4.66. The number of nitro benzene ring substituents is 1. The summed E-state index contributed by atoms with van der Waals surface area (Å²) in [5, 5.41) is 15.6. The van der Waals surface area contributed by atoms with Crippen LogP contribution in [0.1, 0.15) is 18.3 Å². The minimum atomic E-state index is -0.543. The highest BCUT2D eigenvalue weighted by molar-refractivity contribution is 6.32. The van der Waals surface area contributed by atoms with Gasteiger partial charge in [0, 0.05) is 18.7 Å². The maximum absolute atomic E-state index is 10.7. The topological polar surface area (TPSA) is 70.2 Å². The number of nitrogens with zero attached hydrogens (tertiary/aromatic N) is 3. The summed E-state index contributed by atoms with van der Waals surface area (Å²) in [4.78, 5) is 10.2. The molecule has 0 radical (unpaired) electrons. The standard InChI is InChI=1S/C13H13Cl2N3O3/c1-3-17-12(13(15)8(2)16-17)7-21-9-4-5-11(18(19)20)10(14)6-9/h4-6H,3,7H2,1-2H3. The minimum absolute atomic E-state index is 0.0313. The van der Waals surface area contributed by atoms with Crippen molar-refractivity contribution in [3.05, 3.63) is 49.7 Å². The van der Waals surface area contributed by atoms with Crippen molar-refractivity contribution in [1.29, 1.82) is 0 Å². The molecule has 2 aromatic rings. The van der Waals surface area contributed by atoms with Gasteiger partial charge in [0.2, 0.25) is 0 Å². The van der Waals surface area contributed by atoms with Crippen molar-refractivity contribution in [3.63, 3.8) is 0 Å². The zero-order valence-electron chi connectivity index (χ0n) is 11.5. The normalized spacial score (nSPS) is 10.7. The van der Waals surface area contributed by atoms with Crippen molar-refractivity contribution in [2.75, 3.05) is 0 Å². The van der Waals surface area contributed by atoms with Crippen molar-refractivity contribution < 1.29 is 9.66 Å². The number of aromatic nitrogens is 2. The third kappa shape index (κ3) is 3.28. The number of hydrogen-bond donors (Lipinski definition) is 0. The van der Waals surface area contributed by atoms with Crippen LogP contribution in [0, 0.1) is 17.0 Å². The van der Waals surface area contributed by atoms with Crippen LogP contribution in [0.4, 0.5) is 5.69 Å². The summed E-state index contributed by atoms with van der Waals surface area (Å²) in [6, 6.07) is 4.21. The Morgan fingerprint density at radius 3 is 2.71 bits per heavy atom. The molecule has 0 atom stereocenters. The van der Waals surface area contributed by atoms with Crippen LogP contribution in [0.15, 0.2) is 18.2 Å². The lowest BCUT2D eigenvalue weighted by atomic mass is 10.3. The summed E-state index contributed by atoms with van der Waals surface area (Å²) in [5.74, 6) is 0.433. The Kier molecular flexibility index (Phi) is 4.69. The van der Waals surface area contributed by atoms with Gasteiger partial charge in [-0.05, 0) is 19.9 Å². The van der Waals surface area contributed by atoms with Gasteiger partial charge in [-0.15, -0.1) is 0 Å². The highest BCUT2D eigenvalue weighted by Gasteiger charge is 2.15. The summed E-state index contributed by atoms with van der Waals surface area (Å²) >= 11 is 12.0. The van der Waals surface area contributed by atoms with E-state index in [-0.39, 0.29) is 17.3 Å². The average Bonchev–Trinajstić information content (AvgIpc) is 2.71. The lowest BCUT2D eigenvalue weighted by molar-refractivity contribution is -0.384. The molecule has 0 saturated heterocycles. The molecule has 0 aliphatic rings. The third-order valence-electron chi connectivity index (χ3n) is 2.94. The summed E-state index contributed by atoms with van der Waals surface area (Å²) in [5.41, 5.74) is 1.33. The quantitative estimate of drug-likeness (QED) is 0.613. The molecule has 0 fully saturated rings. The van der Waals surface area contributed by atoms with E-state index in [9.17, 15) is 10.1 Å². The van der Waals surface area contributed by atoms with Crippen LogP contribution < -0.4 is 4.74 Å². The van der Waals surface area contributed by atoms with E-state index in [0.29, 0.717) is 17.3 Å². The molecular weight excluding hydrogens is 317 g/mol. The number of ether oxygens (including phenoxy) is 1. The lowest BCUT2D eigenvalue weighted by Crippen LogP contribution is -2.06. The van der Waals surface area contributed by atoms with E-state index in [4.69, 9.17) is 27.9 Å². The molecule has 21 heavy (non-hydrogen) atoms. The molecule has 0 spiro atoms. The van der Waals surface area contributed by atoms with Crippen molar-refractivity contribution >= 4 is 28.9 Å². The Balaban J connectivity index is 2.17. The van der Waals surface area contributed by atoms with Gasteiger partial charge >= 0.3 is 0 Å². The van der Waals surface area contributed by atoms with Crippen LogP contribution in [-0.4, -0.2) is 14.7 Å². The van der Waals surface area contributed by atoms with Crippen LogP contribution in [0.5, 0.6) is 5.75 Å². The second-order valence-electron chi connectivity index (χ2n) is 4.32. The van der Waals surface area contributed by atoms with Crippen molar-refractivity contribution in [3.8, 4) is 5.75 Å². The van der Waals surface area contributed by atoms with Gasteiger partial charge < -0.3 is 4.74 Å². The van der Waals surface area contributed by atoms with Gasteiger partial charge in [0.05, 0.1) is 21.3 Å². The van der Waals surface area contributed by atoms with Gasteiger partial charge in [0.25, 0.3) is 5.69 Å². The second-order valence-corrected chi connectivity index (χ2v) is 5.11. The molecule has 1 heterocycles. The zero-order chi connectivity index (χ0) is 15.6. The van der Waals surface area contributed by atoms with E-state index in [1.165, 1.54) is 18.2 Å². The Hall–Kier alpha value is -1.79. The highest BCUT2D eigenvalue weighted by atomic mass is 35.5. The first kappa shape index (κ1) is 15.6. The molecule has 0 unspecified atom stereocenters. The maximum Gasteiger partial charge on any atom is 0.288 e. The van der Waals surface area contributed by atoms with Gasteiger partial charge in [-0.1, -0.05) is 23.2 Å². The molecule has 8 heteroatoms. The molecule has 0 aliphatic carbocycles. The van der Waals surface area contributed by atoms with Crippen molar-refractivity contribution in [1.82, 2.24) is 9.78 Å².